The van der Waals surface area contributed by atoms with Gasteiger partial charge in [-0.3, -0.25) is 18.5 Å². The lowest BCUT2D eigenvalue weighted by molar-refractivity contribution is 0.414. The van der Waals surface area contributed by atoms with Crippen LogP contribution in [0, 0.1) is 0 Å². The van der Waals surface area contributed by atoms with Crippen LogP contribution in [-0.4, -0.2) is 32.0 Å². The molecule has 0 aliphatic rings. The third-order valence-electron chi connectivity index (χ3n) is 5.09. The first-order valence-corrected chi connectivity index (χ1v) is 10.5. The Hall–Kier alpha value is -3.66. The number of nitrogens with one attached hydrogen (secondary N) is 1. The molecule has 0 aliphatic heterocycles. The Bertz CT molecular complexity index is 1440. The lowest BCUT2D eigenvalue weighted by atomic mass is 10.2. The molecular formula is C22H21BrN6O3. The monoisotopic (exact) mass is 496 g/mol. The summed E-state index contributed by atoms with van der Waals surface area (Å²) >= 11 is 3.44. The number of benzene rings is 2. The van der Waals surface area contributed by atoms with Gasteiger partial charge >= 0.3 is 5.69 Å². The van der Waals surface area contributed by atoms with Gasteiger partial charge in [0.25, 0.3) is 5.56 Å². The lowest BCUT2D eigenvalue weighted by Crippen LogP contribution is -2.37. The SMILES string of the molecule is COc1ccc(Br)cc1/C=N/Nc1nc2c(c(=O)n(C)c(=O)n2C)n1Cc1ccccc1. The van der Waals surface area contributed by atoms with Crippen molar-refractivity contribution >= 4 is 39.3 Å². The van der Waals surface area contributed by atoms with Gasteiger partial charge < -0.3 is 4.74 Å². The Morgan fingerprint density at radius 2 is 1.88 bits per heavy atom. The molecule has 9 nitrogen and oxygen atoms in total. The van der Waals surface area contributed by atoms with Crippen LogP contribution in [0.1, 0.15) is 11.1 Å². The first-order valence-electron chi connectivity index (χ1n) is 9.73. The minimum absolute atomic E-state index is 0.284. The number of rotatable bonds is 6. The van der Waals surface area contributed by atoms with Crippen LogP contribution < -0.4 is 21.4 Å². The van der Waals surface area contributed by atoms with Crippen LogP contribution in [0.15, 0.2) is 67.7 Å². The van der Waals surface area contributed by atoms with Crippen LogP contribution >= 0.6 is 15.9 Å². The van der Waals surface area contributed by atoms with Crippen LogP contribution in [0.4, 0.5) is 5.95 Å². The predicted molar refractivity (Wildman–Crippen MR) is 128 cm³/mol. The van der Waals surface area contributed by atoms with Crippen molar-refractivity contribution in [3.05, 3.63) is 85.0 Å². The summed E-state index contributed by atoms with van der Waals surface area (Å²) < 4.78 is 10.4. The van der Waals surface area contributed by atoms with E-state index in [1.807, 2.05) is 48.5 Å². The van der Waals surface area contributed by atoms with Crippen molar-refractivity contribution in [2.75, 3.05) is 12.5 Å². The average Bonchev–Trinajstić information content (AvgIpc) is 3.15. The molecule has 2 aromatic heterocycles. The van der Waals surface area contributed by atoms with E-state index in [0.29, 0.717) is 23.8 Å². The molecule has 0 radical (unpaired) electrons. The molecular weight excluding hydrogens is 476 g/mol. The van der Waals surface area contributed by atoms with Gasteiger partial charge in [0.2, 0.25) is 5.95 Å². The van der Waals surface area contributed by atoms with E-state index in [2.05, 4.69) is 31.4 Å². The Morgan fingerprint density at radius 1 is 1.12 bits per heavy atom. The summed E-state index contributed by atoms with van der Waals surface area (Å²) in [4.78, 5) is 29.8. The first kappa shape index (κ1) is 21.6. The highest BCUT2D eigenvalue weighted by molar-refractivity contribution is 9.10. The van der Waals surface area contributed by atoms with Gasteiger partial charge in [0, 0.05) is 24.1 Å². The second kappa shape index (κ2) is 8.83. The van der Waals surface area contributed by atoms with E-state index in [1.54, 1.807) is 24.9 Å². The van der Waals surface area contributed by atoms with Crippen LogP contribution in [0.5, 0.6) is 5.75 Å². The highest BCUT2D eigenvalue weighted by Crippen LogP contribution is 2.22. The molecule has 0 fully saturated rings. The Labute approximate surface area is 191 Å². The predicted octanol–water partition coefficient (Wildman–Crippen LogP) is 2.70. The molecule has 0 bridgehead atoms. The van der Waals surface area contributed by atoms with Crippen molar-refractivity contribution in [2.45, 2.75) is 6.54 Å². The molecule has 1 N–H and O–H groups in total. The first-order chi connectivity index (χ1) is 15.4. The highest BCUT2D eigenvalue weighted by Gasteiger charge is 2.19. The van der Waals surface area contributed by atoms with Gasteiger partial charge in [0.1, 0.15) is 5.75 Å². The van der Waals surface area contributed by atoms with E-state index in [4.69, 9.17) is 4.74 Å². The summed E-state index contributed by atoms with van der Waals surface area (Å²) in [5, 5.41) is 4.31. The number of aryl methyl sites for hydroxylation is 1. The summed E-state index contributed by atoms with van der Waals surface area (Å²) in [5.41, 5.74) is 4.39. The molecule has 4 rings (SSSR count). The number of anilines is 1. The second-order valence-corrected chi connectivity index (χ2v) is 8.06. The fraction of sp³-hybridized carbons (Fsp3) is 0.182. The van der Waals surface area contributed by atoms with Gasteiger partial charge in [-0.15, -0.1) is 0 Å². The van der Waals surface area contributed by atoms with Crippen molar-refractivity contribution < 1.29 is 4.74 Å². The topological polar surface area (TPSA) is 95.4 Å². The van der Waals surface area contributed by atoms with E-state index in [0.717, 1.165) is 20.2 Å². The van der Waals surface area contributed by atoms with Gasteiger partial charge in [-0.2, -0.15) is 10.1 Å². The number of ether oxygens (including phenoxy) is 1. The highest BCUT2D eigenvalue weighted by atomic mass is 79.9. The summed E-state index contributed by atoms with van der Waals surface area (Å²) in [6.45, 7) is 0.378. The van der Waals surface area contributed by atoms with Crippen LogP contribution in [0.25, 0.3) is 11.2 Å². The normalized spacial score (nSPS) is 11.4. The van der Waals surface area contributed by atoms with Crippen molar-refractivity contribution in [1.29, 1.82) is 0 Å². The Morgan fingerprint density at radius 3 is 2.59 bits per heavy atom. The van der Waals surface area contributed by atoms with Crippen LogP contribution in [0.3, 0.4) is 0 Å². The molecule has 0 spiro atoms. The van der Waals surface area contributed by atoms with Gasteiger partial charge in [0.15, 0.2) is 11.2 Å². The maximum Gasteiger partial charge on any atom is 0.332 e. The number of aromatic nitrogens is 4. The number of nitrogens with zero attached hydrogens (tertiary/aromatic N) is 5. The Balaban J connectivity index is 1.82. The molecule has 164 valence electrons. The number of hydrazone groups is 1. The molecule has 0 saturated heterocycles. The zero-order valence-electron chi connectivity index (χ0n) is 17.7. The smallest absolute Gasteiger partial charge is 0.332 e. The molecule has 2 aromatic carbocycles. The summed E-state index contributed by atoms with van der Waals surface area (Å²) in [6, 6.07) is 15.3. The van der Waals surface area contributed by atoms with Crippen molar-refractivity contribution in [2.24, 2.45) is 19.2 Å². The van der Waals surface area contributed by atoms with Gasteiger partial charge in [0.05, 0.1) is 19.9 Å². The number of fused-ring (bicyclic) bond motifs is 1. The summed E-state index contributed by atoms with van der Waals surface area (Å²) in [7, 11) is 4.63. The van der Waals surface area contributed by atoms with Gasteiger partial charge in [-0.1, -0.05) is 46.3 Å². The van der Waals surface area contributed by atoms with E-state index >= 15 is 0 Å². The van der Waals surface area contributed by atoms with Crippen LogP contribution in [-0.2, 0) is 20.6 Å². The number of imidazole rings is 1. The molecule has 0 atom stereocenters. The third kappa shape index (κ3) is 3.96. The zero-order chi connectivity index (χ0) is 22.8. The Kier molecular flexibility index (Phi) is 5.95. The number of hydrogen-bond donors (Lipinski definition) is 1. The van der Waals surface area contributed by atoms with E-state index in [-0.39, 0.29) is 5.65 Å². The maximum absolute atomic E-state index is 12.9. The quantitative estimate of drug-likeness (QED) is 0.327. The number of halogens is 1. The largest absolute Gasteiger partial charge is 0.496 e. The van der Waals surface area contributed by atoms with Crippen molar-refractivity contribution in [3.63, 3.8) is 0 Å². The van der Waals surface area contributed by atoms with E-state index in [9.17, 15) is 9.59 Å². The molecule has 0 saturated carbocycles. The maximum atomic E-state index is 12.9. The van der Waals surface area contributed by atoms with Crippen molar-refractivity contribution in [1.82, 2.24) is 18.7 Å². The van der Waals surface area contributed by atoms with Gasteiger partial charge in [-0.05, 0) is 23.8 Å². The second-order valence-electron chi connectivity index (χ2n) is 7.14. The molecule has 0 unspecified atom stereocenters. The minimum Gasteiger partial charge on any atom is -0.496 e. The molecule has 32 heavy (non-hydrogen) atoms. The van der Waals surface area contributed by atoms with Crippen molar-refractivity contribution in [3.8, 4) is 5.75 Å². The molecule has 0 amide bonds. The fourth-order valence-corrected chi connectivity index (χ4v) is 3.80. The summed E-state index contributed by atoms with van der Waals surface area (Å²) in [6.07, 6.45) is 1.60. The van der Waals surface area contributed by atoms with Gasteiger partial charge in [-0.25, -0.2) is 10.2 Å². The minimum atomic E-state index is -0.444. The zero-order valence-corrected chi connectivity index (χ0v) is 19.3. The molecule has 4 aromatic rings. The van der Waals surface area contributed by atoms with E-state index < -0.39 is 11.2 Å². The average molecular weight is 497 g/mol. The third-order valence-corrected chi connectivity index (χ3v) is 5.58. The molecule has 2 heterocycles. The molecule has 0 aliphatic carbocycles. The van der Waals surface area contributed by atoms with Crippen LogP contribution in [0.2, 0.25) is 0 Å². The number of hydrogen-bond acceptors (Lipinski definition) is 6. The standard InChI is InChI=1S/C22H21BrN6O3/c1-27-19-18(20(30)28(2)22(27)31)29(13-14-7-5-4-6-8-14)21(25-19)26-24-12-15-11-16(23)9-10-17(15)32-3/h4-12H,13H2,1-3H3,(H,25,26)/b24-12+. The van der Waals surface area contributed by atoms with E-state index in [1.165, 1.54) is 11.6 Å². The lowest BCUT2D eigenvalue weighted by Gasteiger charge is -2.09. The molecule has 10 heteroatoms. The summed E-state index contributed by atoms with van der Waals surface area (Å²) in [5.74, 6) is 1.00. The fourth-order valence-electron chi connectivity index (χ4n) is 3.42. The number of methoxy groups -OCH3 is 1.